The molecule has 0 spiro atoms. The monoisotopic (exact) mass is 260 g/mol. The molecule has 1 rings (SSSR count). The van der Waals surface area contributed by atoms with E-state index < -0.39 is 0 Å². The molecule has 1 unspecified atom stereocenters. The average molecular weight is 260 g/mol. The van der Waals surface area contributed by atoms with Crippen molar-refractivity contribution in [2.24, 2.45) is 5.92 Å². The van der Waals surface area contributed by atoms with Crippen molar-refractivity contribution in [3.8, 4) is 11.8 Å². The van der Waals surface area contributed by atoms with E-state index in [1.54, 1.807) is 7.11 Å². The number of rotatable bonds is 5. The van der Waals surface area contributed by atoms with E-state index in [1.807, 2.05) is 0 Å². The molecule has 1 atom stereocenters. The van der Waals surface area contributed by atoms with E-state index in [4.69, 9.17) is 10.00 Å². The second-order valence-electron chi connectivity index (χ2n) is 5.11. The Kier molecular flexibility index (Phi) is 5.23. The second-order valence-corrected chi connectivity index (χ2v) is 5.11. The van der Waals surface area contributed by atoms with Gasteiger partial charge in [0.05, 0.1) is 19.1 Å². The van der Waals surface area contributed by atoms with Crippen LogP contribution in [0.15, 0.2) is 6.07 Å². The summed E-state index contributed by atoms with van der Waals surface area (Å²) in [6.07, 6.45) is 0.883. The van der Waals surface area contributed by atoms with Gasteiger partial charge in [-0.05, 0) is 49.9 Å². The SMILES string of the molecule is CCC(C#N)CN(C)c1c(C)cc(OC)c(C)c1C. The highest BCUT2D eigenvalue weighted by Crippen LogP contribution is 2.33. The van der Waals surface area contributed by atoms with Crippen molar-refractivity contribution in [1.82, 2.24) is 0 Å². The third-order valence-corrected chi connectivity index (χ3v) is 3.78. The molecule has 0 aliphatic heterocycles. The zero-order valence-corrected chi connectivity index (χ0v) is 12.9. The highest BCUT2D eigenvalue weighted by molar-refractivity contribution is 5.64. The number of methoxy groups -OCH3 is 1. The van der Waals surface area contributed by atoms with E-state index in [9.17, 15) is 0 Å². The number of nitriles is 1. The van der Waals surface area contributed by atoms with Gasteiger partial charge in [0.25, 0.3) is 0 Å². The second kappa shape index (κ2) is 6.47. The Morgan fingerprint density at radius 3 is 2.42 bits per heavy atom. The lowest BCUT2D eigenvalue weighted by molar-refractivity contribution is 0.411. The summed E-state index contributed by atoms with van der Waals surface area (Å²) in [7, 11) is 3.76. The van der Waals surface area contributed by atoms with Crippen LogP contribution in [0, 0.1) is 38.0 Å². The van der Waals surface area contributed by atoms with E-state index >= 15 is 0 Å². The van der Waals surface area contributed by atoms with Crippen molar-refractivity contribution in [3.05, 3.63) is 22.8 Å². The molecule has 0 saturated carbocycles. The Labute approximate surface area is 116 Å². The van der Waals surface area contributed by atoms with E-state index in [0.29, 0.717) is 0 Å². The smallest absolute Gasteiger partial charge is 0.122 e. The predicted octanol–water partition coefficient (Wildman–Crippen LogP) is 3.61. The van der Waals surface area contributed by atoms with Gasteiger partial charge in [0, 0.05) is 19.3 Å². The minimum Gasteiger partial charge on any atom is -0.496 e. The fourth-order valence-corrected chi connectivity index (χ4v) is 2.51. The van der Waals surface area contributed by atoms with Gasteiger partial charge < -0.3 is 9.64 Å². The first-order valence-corrected chi connectivity index (χ1v) is 6.71. The van der Waals surface area contributed by atoms with E-state index in [1.165, 1.54) is 22.4 Å². The summed E-state index contributed by atoms with van der Waals surface area (Å²) in [6.45, 7) is 9.10. The van der Waals surface area contributed by atoms with Gasteiger partial charge in [-0.1, -0.05) is 6.92 Å². The van der Waals surface area contributed by atoms with Gasteiger partial charge >= 0.3 is 0 Å². The molecular weight excluding hydrogens is 236 g/mol. The maximum absolute atomic E-state index is 9.10. The molecule has 3 heteroatoms. The first-order chi connectivity index (χ1) is 8.96. The molecule has 1 aromatic carbocycles. The summed E-state index contributed by atoms with van der Waals surface area (Å²) in [6, 6.07) is 4.43. The van der Waals surface area contributed by atoms with Crippen LogP contribution >= 0.6 is 0 Å². The Morgan fingerprint density at radius 2 is 1.95 bits per heavy atom. The lowest BCUT2D eigenvalue weighted by Gasteiger charge is -2.27. The number of anilines is 1. The van der Waals surface area contributed by atoms with Crippen molar-refractivity contribution in [2.45, 2.75) is 34.1 Å². The predicted molar refractivity (Wildman–Crippen MR) is 79.9 cm³/mol. The summed E-state index contributed by atoms with van der Waals surface area (Å²) in [5.41, 5.74) is 4.80. The largest absolute Gasteiger partial charge is 0.496 e. The minimum absolute atomic E-state index is 0.0752. The molecule has 0 heterocycles. The molecular formula is C16H24N2O. The van der Waals surface area contributed by atoms with E-state index in [2.05, 4.69) is 51.8 Å². The quantitative estimate of drug-likeness (QED) is 0.811. The van der Waals surface area contributed by atoms with E-state index in [0.717, 1.165) is 18.7 Å². The van der Waals surface area contributed by atoms with Crippen LogP contribution in [0.3, 0.4) is 0 Å². The van der Waals surface area contributed by atoms with Gasteiger partial charge in [0.15, 0.2) is 0 Å². The van der Waals surface area contributed by atoms with Crippen molar-refractivity contribution < 1.29 is 4.74 Å². The third-order valence-electron chi connectivity index (χ3n) is 3.78. The van der Waals surface area contributed by atoms with E-state index in [-0.39, 0.29) is 5.92 Å². The van der Waals surface area contributed by atoms with Gasteiger partial charge in [-0.15, -0.1) is 0 Å². The molecule has 0 radical (unpaired) electrons. The van der Waals surface area contributed by atoms with Crippen LogP contribution in [0.1, 0.15) is 30.0 Å². The van der Waals surface area contributed by atoms with Gasteiger partial charge in [-0.2, -0.15) is 5.26 Å². The summed E-state index contributed by atoms with van der Waals surface area (Å²) in [4.78, 5) is 2.19. The van der Waals surface area contributed by atoms with Gasteiger partial charge in [0.1, 0.15) is 5.75 Å². The number of nitrogens with zero attached hydrogens (tertiary/aromatic N) is 2. The molecule has 0 aliphatic rings. The van der Waals surface area contributed by atoms with Crippen molar-refractivity contribution in [2.75, 3.05) is 25.6 Å². The Balaban J connectivity index is 3.14. The molecule has 0 fully saturated rings. The number of aryl methyl sites for hydroxylation is 1. The van der Waals surface area contributed by atoms with Crippen molar-refractivity contribution >= 4 is 5.69 Å². The van der Waals surface area contributed by atoms with Crippen LogP contribution in [-0.2, 0) is 0 Å². The molecule has 3 nitrogen and oxygen atoms in total. The highest BCUT2D eigenvalue weighted by atomic mass is 16.5. The molecule has 0 saturated heterocycles. The van der Waals surface area contributed by atoms with Gasteiger partial charge in [0.2, 0.25) is 0 Å². The highest BCUT2D eigenvalue weighted by Gasteiger charge is 2.16. The maximum Gasteiger partial charge on any atom is 0.122 e. The summed E-state index contributed by atoms with van der Waals surface area (Å²) in [5, 5.41) is 9.10. The number of benzene rings is 1. The third kappa shape index (κ3) is 3.20. The van der Waals surface area contributed by atoms with Crippen LogP contribution in [0.25, 0.3) is 0 Å². The standard InChI is InChI=1S/C16H24N2O/c1-7-14(9-17)10-18(5)16-11(2)8-15(19-6)12(3)13(16)4/h8,14H,7,10H2,1-6H3. The van der Waals surface area contributed by atoms with Crippen LogP contribution in [0.5, 0.6) is 5.75 Å². The van der Waals surface area contributed by atoms with Gasteiger partial charge in [-0.3, -0.25) is 0 Å². The molecule has 0 bridgehead atoms. The van der Waals surface area contributed by atoms with Crippen LogP contribution in [-0.4, -0.2) is 20.7 Å². The van der Waals surface area contributed by atoms with Crippen LogP contribution < -0.4 is 9.64 Å². The number of hydrogen-bond acceptors (Lipinski definition) is 3. The van der Waals surface area contributed by atoms with Gasteiger partial charge in [-0.25, -0.2) is 0 Å². The first-order valence-electron chi connectivity index (χ1n) is 6.71. The molecule has 0 amide bonds. The number of ether oxygens (including phenoxy) is 1. The normalized spacial score (nSPS) is 11.8. The zero-order chi connectivity index (χ0) is 14.6. The Hall–Kier alpha value is -1.69. The molecule has 0 aliphatic carbocycles. The zero-order valence-electron chi connectivity index (χ0n) is 12.9. The van der Waals surface area contributed by atoms with Crippen LogP contribution in [0.2, 0.25) is 0 Å². The molecule has 1 aromatic rings. The molecule has 0 N–H and O–H groups in total. The lowest BCUT2D eigenvalue weighted by Crippen LogP contribution is -2.26. The molecule has 19 heavy (non-hydrogen) atoms. The fraction of sp³-hybridized carbons (Fsp3) is 0.562. The Bertz CT molecular complexity index is 489. The lowest BCUT2D eigenvalue weighted by atomic mass is 10.00. The van der Waals surface area contributed by atoms with Crippen LogP contribution in [0.4, 0.5) is 5.69 Å². The summed E-state index contributed by atoms with van der Waals surface area (Å²) < 4.78 is 5.39. The summed E-state index contributed by atoms with van der Waals surface area (Å²) >= 11 is 0. The van der Waals surface area contributed by atoms with Crippen molar-refractivity contribution in [1.29, 1.82) is 5.26 Å². The molecule has 104 valence electrons. The summed E-state index contributed by atoms with van der Waals surface area (Å²) in [5.74, 6) is 1.01. The van der Waals surface area contributed by atoms with Crippen molar-refractivity contribution in [3.63, 3.8) is 0 Å². The first kappa shape index (κ1) is 15.4. The molecule has 0 aromatic heterocycles. The Morgan fingerprint density at radius 1 is 1.32 bits per heavy atom. The minimum atomic E-state index is 0.0752. The fourth-order valence-electron chi connectivity index (χ4n) is 2.51. The number of hydrogen-bond donors (Lipinski definition) is 0. The average Bonchev–Trinajstić information content (AvgIpc) is 2.40. The topological polar surface area (TPSA) is 36.3 Å². The maximum atomic E-state index is 9.10.